The maximum atomic E-state index is 6.62. The number of fused-ring (bicyclic) bond motifs is 9. The first-order chi connectivity index (χ1) is 26.8. The molecule has 2 nitrogen and oxygen atoms in total. The molecule has 0 unspecified atom stereocenters. The molecule has 0 aliphatic heterocycles. The maximum absolute atomic E-state index is 6.62. The van der Waals surface area contributed by atoms with Gasteiger partial charge in [-0.3, -0.25) is 0 Å². The van der Waals surface area contributed by atoms with E-state index in [-0.39, 0.29) is 0 Å². The van der Waals surface area contributed by atoms with Gasteiger partial charge in [-0.25, -0.2) is 0 Å². The molecule has 54 heavy (non-hydrogen) atoms. The van der Waals surface area contributed by atoms with Crippen LogP contribution in [0, 0.1) is 0 Å². The van der Waals surface area contributed by atoms with Crippen molar-refractivity contribution in [3.63, 3.8) is 0 Å². The minimum absolute atomic E-state index is 0.869. The summed E-state index contributed by atoms with van der Waals surface area (Å²) in [4.78, 5) is 2.33. The number of hydrogen-bond donors (Lipinski definition) is 0. The molecule has 0 saturated carbocycles. The predicted octanol–water partition coefficient (Wildman–Crippen LogP) is 15.0. The van der Waals surface area contributed by atoms with E-state index in [0.29, 0.717) is 0 Å². The summed E-state index contributed by atoms with van der Waals surface area (Å²) in [5, 5.41) is 12.3. The Balaban J connectivity index is 1.07. The van der Waals surface area contributed by atoms with E-state index in [9.17, 15) is 0 Å². The van der Waals surface area contributed by atoms with Gasteiger partial charge in [-0.05, 0) is 108 Å². The molecule has 0 N–H and O–H groups in total. The lowest BCUT2D eigenvalue weighted by molar-refractivity contribution is 0.669. The number of para-hydroxylation sites is 2. The van der Waals surface area contributed by atoms with Crippen LogP contribution in [0.25, 0.3) is 87.3 Å². The monoisotopic (exact) mass is 687 g/mol. The topological polar surface area (TPSA) is 16.4 Å². The molecule has 0 aliphatic rings. The Labute approximate surface area is 312 Å². The van der Waals surface area contributed by atoms with Gasteiger partial charge in [0, 0.05) is 22.1 Å². The Morgan fingerprint density at radius 2 is 0.870 bits per heavy atom. The Morgan fingerprint density at radius 3 is 1.63 bits per heavy atom. The number of anilines is 3. The highest BCUT2D eigenvalue weighted by Crippen LogP contribution is 2.44. The fourth-order valence-electron chi connectivity index (χ4n) is 8.51. The predicted molar refractivity (Wildman–Crippen MR) is 229 cm³/mol. The number of hydrogen-bond acceptors (Lipinski definition) is 2. The smallest absolute Gasteiger partial charge is 0.159 e. The number of furan rings is 1. The van der Waals surface area contributed by atoms with Crippen LogP contribution in [0.4, 0.5) is 17.1 Å². The highest BCUT2D eigenvalue weighted by molar-refractivity contribution is 6.23. The molecule has 0 atom stereocenters. The van der Waals surface area contributed by atoms with E-state index in [1.807, 2.05) is 12.1 Å². The van der Waals surface area contributed by atoms with Crippen molar-refractivity contribution in [1.82, 2.24) is 0 Å². The van der Waals surface area contributed by atoms with Gasteiger partial charge in [0.1, 0.15) is 5.58 Å². The lowest BCUT2D eigenvalue weighted by Gasteiger charge is -2.26. The maximum Gasteiger partial charge on any atom is 0.159 e. The van der Waals surface area contributed by atoms with Crippen molar-refractivity contribution >= 4 is 82.1 Å². The SMILES string of the molecule is c1ccc2c(-c3ccc(N(c4ccc(-c5cc6ccc7ccccc7c6c6ccccc56)cc4)c4cccc5c4oc4ccccc45)cc3)cccc2c1. The molecule has 11 rings (SSSR count). The quantitative estimate of drug-likeness (QED) is 0.168. The lowest BCUT2D eigenvalue weighted by atomic mass is 9.90. The van der Waals surface area contributed by atoms with Crippen molar-refractivity contribution in [2.24, 2.45) is 0 Å². The van der Waals surface area contributed by atoms with Crippen molar-refractivity contribution < 1.29 is 4.42 Å². The van der Waals surface area contributed by atoms with Crippen LogP contribution in [0.2, 0.25) is 0 Å². The molecule has 0 amide bonds. The lowest BCUT2D eigenvalue weighted by Crippen LogP contribution is -2.10. The van der Waals surface area contributed by atoms with Crippen molar-refractivity contribution in [3.05, 3.63) is 200 Å². The third kappa shape index (κ3) is 4.81. The minimum atomic E-state index is 0.869. The largest absolute Gasteiger partial charge is 0.454 e. The Hall–Kier alpha value is -7.16. The van der Waals surface area contributed by atoms with Crippen LogP contribution in [-0.2, 0) is 0 Å². The van der Waals surface area contributed by atoms with E-state index < -0.39 is 0 Å². The first kappa shape index (κ1) is 30.5. The molecule has 0 radical (unpaired) electrons. The summed E-state index contributed by atoms with van der Waals surface area (Å²) in [5.74, 6) is 0. The van der Waals surface area contributed by atoms with Crippen molar-refractivity contribution in [1.29, 1.82) is 0 Å². The average Bonchev–Trinajstić information content (AvgIpc) is 3.63. The van der Waals surface area contributed by atoms with Crippen molar-refractivity contribution in [3.8, 4) is 22.3 Å². The summed E-state index contributed by atoms with van der Waals surface area (Å²) in [7, 11) is 0. The summed E-state index contributed by atoms with van der Waals surface area (Å²) in [6.45, 7) is 0. The molecule has 1 aromatic heterocycles. The zero-order chi connectivity index (χ0) is 35.6. The molecule has 1 heterocycles. The van der Waals surface area contributed by atoms with Gasteiger partial charge in [-0.15, -0.1) is 0 Å². The Morgan fingerprint density at radius 1 is 0.333 bits per heavy atom. The molecular weight excluding hydrogens is 655 g/mol. The number of benzene rings is 10. The van der Waals surface area contributed by atoms with Gasteiger partial charge in [-0.1, -0.05) is 158 Å². The van der Waals surface area contributed by atoms with Crippen LogP contribution in [0.1, 0.15) is 0 Å². The highest BCUT2D eigenvalue weighted by Gasteiger charge is 2.20. The van der Waals surface area contributed by atoms with Crippen LogP contribution >= 0.6 is 0 Å². The molecule has 10 aromatic carbocycles. The van der Waals surface area contributed by atoms with Crippen LogP contribution in [0.15, 0.2) is 205 Å². The Bertz CT molecular complexity index is 3200. The van der Waals surface area contributed by atoms with E-state index in [1.165, 1.54) is 65.3 Å². The molecule has 11 aromatic rings. The van der Waals surface area contributed by atoms with E-state index in [2.05, 4.69) is 193 Å². The van der Waals surface area contributed by atoms with Gasteiger partial charge in [0.2, 0.25) is 0 Å². The summed E-state index contributed by atoms with van der Waals surface area (Å²) in [6, 6.07) is 72.2. The zero-order valence-electron chi connectivity index (χ0n) is 29.4. The van der Waals surface area contributed by atoms with Crippen LogP contribution in [0.3, 0.4) is 0 Å². The fraction of sp³-hybridized carbons (Fsp3) is 0. The second-order valence-electron chi connectivity index (χ2n) is 14.1. The fourth-order valence-corrected chi connectivity index (χ4v) is 8.51. The van der Waals surface area contributed by atoms with Gasteiger partial charge in [0.15, 0.2) is 5.58 Å². The second-order valence-corrected chi connectivity index (χ2v) is 14.1. The third-order valence-electron chi connectivity index (χ3n) is 11.0. The van der Waals surface area contributed by atoms with E-state index >= 15 is 0 Å². The van der Waals surface area contributed by atoms with Gasteiger partial charge < -0.3 is 9.32 Å². The van der Waals surface area contributed by atoms with Crippen molar-refractivity contribution in [2.45, 2.75) is 0 Å². The number of nitrogens with zero attached hydrogens (tertiary/aromatic N) is 1. The van der Waals surface area contributed by atoms with E-state index in [1.54, 1.807) is 0 Å². The van der Waals surface area contributed by atoms with Gasteiger partial charge >= 0.3 is 0 Å². The van der Waals surface area contributed by atoms with Gasteiger partial charge in [0.25, 0.3) is 0 Å². The van der Waals surface area contributed by atoms with E-state index in [0.717, 1.165) is 39.0 Å². The molecular formula is C52H33NO. The number of rotatable bonds is 5. The average molecular weight is 688 g/mol. The van der Waals surface area contributed by atoms with Crippen LogP contribution in [-0.4, -0.2) is 0 Å². The zero-order valence-corrected chi connectivity index (χ0v) is 29.4. The summed E-state index contributed by atoms with van der Waals surface area (Å²) in [6.07, 6.45) is 0. The standard InChI is InChI=1S/C52H33NO/c1-3-14-41-34(11-1)13-9-19-42(41)36-25-29-39(30-26-36)53(49-21-10-20-47-45-17-7-8-22-50(45)54-52(47)49)40-31-27-37(28-32-40)48-33-38-24-23-35-12-2-4-15-43(35)51(38)46-18-6-5-16-44(46)48/h1-33H. The molecule has 0 saturated heterocycles. The Kier molecular flexibility index (Phi) is 6.90. The molecule has 0 bridgehead atoms. The first-order valence-corrected chi connectivity index (χ1v) is 18.5. The molecule has 252 valence electrons. The molecule has 0 spiro atoms. The summed E-state index contributed by atoms with van der Waals surface area (Å²) in [5.41, 5.74) is 9.69. The summed E-state index contributed by atoms with van der Waals surface area (Å²) < 4.78 is 6.62. The van der Waals surface area contributed by atoms with Crippen molar-refractivity contribution in [2.75, 3.05) is 4.90 Å². The molecule has 2 heteroatoms. The molecule has 0 aliphatic carbocycles. The van der Waals surface area contributed by atoms with Gasteiger partial charge in [0.05, 0.1) is 5.69 Å². The molecule has 0 fully saturated rings. The summed E-state index contributed by atoms with van der Waals surface area (Å²) >= 11 is 0. The minimum Gasteiger partial charge on any atom is -0.454 e. The van der Waals surface area contributed by atoms with Crippen LogP contribution < -0.4 is 4.90 Å². The van der Waals surface area contributed by atoms with E-state index in [4.69, 9.17) is 4.42 Å². The van der Waals surface area contributed by atoms with Crippen LogP contribution in [0.5, 0.6) is 0 Å². The second kappa shape index (κ2) is 12.2. The third-order valence-corrected chi connectivity index (χ3v) is 11.0. The highest BCUT2D eigenvalue weighted by atomic mass is 16.3. The normalized spacial score (nSPS) is 11.7. The first-order valence-electron chi connectivity index (χ1n) is 18.5. The van der Waals surface area contributed by atoms with Gasteiger partial charge in [-0.2, -0.15) is 0 Å².